The second kappa shape index (κ2) is 10.9. The fourth-order valence-electron chi connectivity index (χ4n) is 6.11. The Hall–Kier alpha value is -4.30. The summed E-state index contributed by atoms with van der Waals surface area (Å²) in [6, 6.07) is 24.4. The zero-order chi connectivity index (χ0) is 27.8. The van der Waals surface area contributed by atoms with Crippen LogP contribution in [0.25, 0.3) is 16.5 Å². The first-order valence-corrected chi connectivity index (χ1v) is 15.0. The Bertz CT molecular complexity index is 1680. The van der Waals surface area contributed by atoms with Crippen LogP contribution in [0.2, 0.25) is 0 Å². The van der Waals surface area contributed by atoms with Crippen LogP contribution in [0.3, 0.4) is 0 Å². The molecule has 8 heteroatoms. The van der Waals surface area contributed by atoms with Crippen molar-refractivity contribution in [1.82, 2.24) is 0 Å². The first-order valence-electron chi connectivity index (χ1n) is 14.2. The predicted octanol–water partition coefficient (Wildman–Crippen LogP) is 6.34. The minimum Gasteiger partial charge on any atom is -0.485 e. The van der Waals surface area contributed by atoms with E-state index in [0.717, 1.165) is 50.2 Å². The maximum atomic E-state index is 12.4. The van der Waals surface area contributed by atoms with Gasteiger partial charge in [-0.15, -0.1) is 0 Å². The van der Waals surface area contributed by atoms with E-state index in [-0.39, 0.29) is 12.0 Å². The molecule has 7 nitrogen and oxygen atoms in total. The average molecular weight is 564 g/mol. The molecule has 0 saturated carbocycles. The van der Waals surface area contributed by atoms with Gasteiger partial charge in [-0.1, -0.05) is 30.0 Å². The molecule has 2 amide bonds. The molecule has 4 heterocycles. The predicted molar refractivity (Wildman–Crippen MR) is 163 cm³/mol. The first kappa shape index (κ1) is 25.7. The maximum absolute atomic E-state index is 12.4. The summed E-state index contributed by atoms with van der Waals surface area (Å²) in [5.74, 6) is 0.979. The largest absolute Gasteiger partial charge is 0.485 e. The summed E-state index contributed by atoms with van der Waals surface area (Å²) in [6.45, 7) is 1.85. The van der Waals surface area contributed by atoms with Crippen molar-refractivity contribution in [3.8, 4) is 5.75 Å². The molecule has 0 radical (unpaired) electrons. The van der Waals surface area contributed by atoms with Crippen LogP contribution >= 0.6 is 11.8 Å². The Balaban J connectivity index is 1.03. The fourth-order valence-corrected chi connectivity index (χ4v) is 7.40. The summed E-state index contributed by atoms with van der Waals surface area (Å²) >= 11 is 1.86. The fraction of sp³-hybridized carbons (Fsp3) is 0.242. The van der Waals surface area contributed by atoms with Crippen molar-refractivity contribution in [1.29, 1.82) is 0 Å². The molecule has 41 heavy (non-hydrogen) atoms. The van der Waals surface area contributed by atoms with Crippen molar-refractivity contribution < 1.29 is 18.9 Å². The van der Waals surface area contributed by atoms with Crippen LogP contribution in [0.1, 0.15) is 37.7 Å². The van der Waals surface area contributed by atoms with Gasteiger partial charge < -0.3 is 20.3 Å². The smallest absolute Gasteiger partial charge is 0.224 e. The van der Waals surface area contributed by atoms with Crippen LogP contribution in [0, 0.1) is 0 Å². The van der Waals surface area contributed by atoms with E-state index in [9.17, 15) is 9.59 Å². The molecule has 3 aromatic carbocycles. The highest BCUT2D eigenvalue weighted by Gasteiger charge is 2.40. The number of hydrogen-bond acceptors (Lipinski definition) is 5. The maximum Gasteiger partial charge on any atom is 0.224 e. The number of carbonyl (C=O) groups is 2. The summed E-state index contributed by atoms with van der Waals surface area (Å²) in [4.78, 5) is 26.7. The molecule has 0 bridgehead atoms. The van der Waals surface area contributed by atoms with E-state index in [1.165, 1.54) is 37.7 Å². The van der Waals surface area contributed by atoms with Gasteiger partial charge in [0, 0.05) is 65.3 Å². The number of nitrogens with one attached hydrogen (secondary N) is 2. The second-order valence-electron chi connectivity index (χ2n) is 10.6. The Morgan fingerprint density at radius 2 is 1.85 bits per heavy atom. The summed E-state index contributed by atoms with van der Waals surface area (Å²) in [5.41, 5.74) is 6.52. The third-order valence-corrected chi connectivity index (χ3v) is 9.23. The van der Waals surface area contributed by atoms with E-state index in [2.05, 4.69) is 74.8 Å². The number of ether oxygens (including phenoxy) is 1. The van der Waals surface area contributed by atoms with Crippen molar-refractivity contribution in [3.63, 3.8) is 0 Å². The lowest BCUT2D eigenvalue weighted by Crippen LogP contribution is -2.38. The van der Waals surface area contributed by atoms with Crippen LogP contribution < -0.4 is 24.8 Å². The molecule has 0 fully saturated rings. The number of carbonyl (C=O) groups excluding carboxylic acids is 2. The zero-order valence-corrected chi connectivity index (χ0v) is 23.5. The Morgan fingerprint density at radius 1 is 1.00 bits per heavy atom. The molecule has 0 aliphatic carbocycles. The minimum atomic E-state index is 0.00465. The van der Waals surface area contributed by atoms with Gasteiger partial charge >= 0.3 is 0 Å². The highest BCUT2D eigenvalue weighted by atomic mass is 32.2. The number of hydrogen-bond donors (Lipinski definition) is 2. The van der Waals surface area contributed by atoms with Crippen molar-refractivity contribution in [2.24, 2.45) is 0 Å². The molecule has 0 saturated heterocycles. The Morgan fingerprint density at radius 3 is 2.73 bits per heavy atom. The van der Waals surface area contributed by atoms with Gasteiger partial charge in [-0.2, -0.15) is 4.57 Å². The molecule has 0 spiro atoms. The van der Waals surface area contributed by atoms with Crippen LogP contribution in [0.15, 0.2) is 88.9 Å². The number of para-hydroxylation sites is 1. The number of unbranched alkanes of at least 4 members (excludes halogenated alkanes) is 2. The van der Waals surface area contributed by atoms with Crippen LogP contribution in [0.5, 0.6) is 5.75 Å². The molecule has 206 valence electrons. The third-order valence-electron chi connectivity index (χ3n) is 8.04. The summed E-state index contributed by atoms with van der Waals surface area (Å²) in [7, 11) is 0. The molecular formula is C33H31N4O3S+. The highest BCUT2D eigenvalue weighted by molar-refractivity contribution is 8.04. The number of anilines is 3. The van der Waals surface area contributed by atoms with Gasteiger partial charge in [0.15, 0.2) is 6.20 Å². The lowest BCUT2D eigenvalue weighted by Gasteiger charge is -2.37. The molecule has 3 aliphatic rings. The van der Waals surface area contributed by atoms with Gasteiger partial charge in [-0.05, 0) is 55.3 Å². The van der Waals surface area contributed by atoms with E-state index < -0.39 is 0 Å². The van der Waals surface area contributed by atoms with E-state index in [0.29, 0.717) is 18.5 Å². The van der Waals surface area contributed by atoms with E-state index >= 15 is 0 Å². The molecule has 4 aromatic rings. The number of rotatable bonds is 9. The molecule has 1 unspecified atom stereocenters. The van der Waals surface area contributed by atoms with Gasteiger partial charge in [0.2, 0.25) is 17.8 Å². The number of nitrogens with zero attached hydrogens (tertiary/aromatic N) is 2. The highest BCUT2D eigenvalue weighted by Crippen LogP contribution is 2.54. The minimum absolute atomic E-state index is 0.00465. The average Bonchev–Trinajstić information content (AvgIpc) is 3.38. The van der Waals surface area contributed by atoms with Gasteiger partial charge in [0.05, 0.1) is 16.1 Å². The number of benzene rings is 3. The van der Waals surface area contributed by atoms with Crippen molar-refractivity contribution in [3.05, 3.63) is 89.6 Å². The lowest BCUT2D eigenvalue weighted by atomic mass is 9.90. The number of thioether (sulfide) groups is 1. The van der Waals surface area contributed by atoms with Gasteiger partial charge in [-0.25, -0.2) is 0 Å². The SMILES string of the molecule is O=CNc1ccc(NC(=O)CCCCC[n+]2ccc3c4c(cccc42)OC2CCN4C(=C32)Sc2ccccc24)cc1. The number of aromatic nitrogens is 1. The monoisotopic (exact) mass is 563 g/mol. The van der Waals surface area contributed by atoms with E-state index in [4.69, 9.17) is 4.74 Å². The first-order chi connectivity index (χ1) is 20.2. The van der Waals surface area contributed by atoms with Crippen LogP contribution in [-0.4, -0.2) is 25.0 Å². The zero-order valence-electron chi connectivity index (χ0n) is 22.6. The van der Waals surface area contributed by atoms with E-state index in [1.807, 2.05) is 11.8 Å². The Kier molecular flexibility index (Phi) is 6.84. The molecule has 1 aromatic heterocycles. The van der Waals surface area contributed by atoms with Crippen LogP contribution in [-0.2, 0) is 16.1 Å². The topological polar surface area (TPSA) is 74.5 Å². The van der Waals surface area contributed by atoms with Crippen LogP contribution in [0.4, 0.5) is 17.1 Å². The van der Waals surface area contributed by atoms with Gasteiger partial charge in [-0.3, -0.25) is 9.59 Å². The number of amides is 2. The van der Waals surface area contributed by atoms with Crippen molar-refractivity contribution in [2.45, 2.75) is 49.6 Å². The second-order valence-corrected chi connectivity index (χ2v) is 11.6. The normalized spacial score (nSPS) is 16.5. The molecular weight excluding hydrogens is 532 g/mol. The van der Waals surface area contributed by atoms with Gasteiger partial charge in [0.1, 0.15) is 18.4 Å². The quantitative estimate of drug-likeness (QED) is 0.141. The molecule has 3 aliphatic heterocycles. The summed E-state index contributed by atoms with van der Waals surface area (Å²) in [5, 5.41) is 8.02. The van der Waals surface area contributed by atoms with Crippen molar-refractivity contribution >= 4 is 57.6 Å². The summed E-state index contributed by atoms with van der Waals surface area (Å²) in [6.07, 6.45) is 7.15. The molecule has 7 rings (SSSR count). The number of aryl methyl sites for hydroxylation is 1. The molecule has 2 N–H and O–H groups in total. The van der Waals surface area contributed by atoms with E-state index in [1.54, 1.807) is 24.3 Å². The Labute approximate surface area is 243 Å². The van der Waals surface area contributed by atoms with Gasteiger partial charge in [0.25, 0.3) is 0 Å². The lowest BCUT2D eigenvalue weighted by molar-refractivity contribution is -0.671. The third kappa shape index (κ3) is 4.82. The molecule has 1 atom stereocenters. The number of fused-ring (bicyclic) bond motifs is 5. The van der Waals surface area contributed by atoms with Crippen molar-refractivity contribution in [2.75, 3.05) is 22.1 Å². The summed E-state index contributed by atoms with van der Waals surface area (Å²) < 4.78 is 8.96. The standard InChI is InChI=1S/C33H30N4O3S/c38-21-34-22-12-14-23(15-13-22)35-30(39)11-2-1-5-18-36-19-16-24-31-26(36)8-6-9-27(31)40-28-17-20-37-25-7-3-4-10-29(25)41-33(37)32(24)28/h3-4,6-10,12-16,19,21,28H,1-2,5,11,17-18,20H2,(H-,34,35,38,39)/p+1. The number of pyridine rings is 1.